The van der Waals surface area contributed by atoms with Gasteiger partial charge < -0.3 is 10.1 Å². The van der Waals surface area contributed by atoms with Crippen LogP contribution in [0.4, 0.5) is 13.2 Å². The summed E-state index contributed by atoms with van der Waals surface area (Å²) < 4.78 is 44.4. The van der Waals surface area contributed by atoms with Crippen molar-refractivity contribution >= 4 is 0 Å². The summed E-state index contributed by atoms with van der Waals surface area (Å²) in [6, 6.07) is 4.66. The predicted molar refractivity (Wildman–Crippen MR) is 55.8 cm³/mol. The van der Waals surface area contributed by atoms with Crippen LogP contribution in [0.1, 0.15) is 12.8 Å². The van der Waals surface area contributed by atoms with Gasteiger partial charge in [0.15, 0.2) is 0 Å². The summed E-state index contributed by atoms with van der Waals surface area (Å²) in [6.45, 7) is 0.358. The van der Waals surface area contributed by atoms with Crippen LogP contribution in [-0.2, 0) is 0 Å². The standard InChI is InChI=1S/C11H13F3N2O/c12-11(13,14)10(5-3-6-15-8-10)17-9-4-1-2-7-16-9/h1-2,4,7,15H,3,5-6,8H2. The highest BCUT2D eigenvalue weighted by molar-refractivity contribution is 5.12. The number of hydrogen-bond donors (Lipinski definition) is 1. The van der Waals surface area contributed by atoms with E-state index in [1.54, 1.807) is 12.1 Å². The molecule has 3 nitrogen and oxygen atoms in total. The first-order valence-electron chi connectivity index (χ1n) is 5.41. The lowest BCUT2D eigenvalue weighted by atomic mass is 9.93. The van der Waals surface area contributed by atoms with Crippen molar-refractivity contribution in [3.8, 4) is 5.88 Å². The van der Waals surface area contributed by atoms with Crippen molar-refractivity contribution < 1.29 is 17.9 Å². The zero-order chi connectivity index (χ0) is 12.4. The van der Waals surface area contributed by atoms with E-state index in [4.69, 9.17) is 4.74 Å². The molecule has 0 amide bonds. The zero-order valence-electron chi connectivity index (χ0n) is 9.13. The summed E-state index contributed by atoms with van der Waals surface area (Å²) in [5.41, 5.74) is -2.15. The molecular weight excluding hydrogens is 233 g/mol. The largest absolute Gasteiger partial charge is 0.460 e. The Labute approximate surface area is 97.0 Å². The normalized spacial score (nSPS) is 25.6. The average molecular weight is 246 g/mol. The molecule has 1 aromatic heterocycles. The molecular formula is C11H13F3N2O. The Bertz CT molecular complexity index is 361. The van der Waals surface area contributed by atoms with E-state index in [0.717, 1.165) is 0 Å². The summed E-state index contributed by atoms with van der Waals surface area (Å²) in [7, 11) is 0. The maximum Gasteiger partial charge on any atom is 0.429 e. The third kappa shape index (κ3) is 2.52. The fourth-order valence-corrected chi connectivity index (χ4v) is 1.87. The predicted octanol–water partition coefficient (Wildman–Crippen LogP) is 2.14. The maximum absolute atomic E-state index is 13.1. The van der Waals surface area contributed by atoms with Crippen LogP contribution in [0.2, 0.25) is 0 Å². The molecule has 1 saturated heterocycles. The van der Waals surface area contributed by atoms with Gasteiger partial charge in [-0.15, -0.1) is 0 Å². The molecule has 1 N–H and O–H groups in total. The van der Waals surface area contributed by atoms with Crippen LogP contribution in [-0.4, -0.2) is 29.9 Å². The Kier molecular flexibility index (Phi) is 3.24. The van der Waals surface area contributed by atoms with E-state index in [0.29, 0.717) is 13.0 Å². The molecule has 1 atom stereocenters. The smallest absolute Gasteiger partial charge is 0.429 e. The Morgan fingerprint density at radius 2 is 2.18 bits per heavy atom. The number of ether oxygens (including phenoxy) is 1. The minimum atomic E-state index is -4.40. The third-order valence-electron chi connectivity index (χ3n) is 2.80. The number of piperidine rings is 1. The summed E-state index contributed by atoms with van der Waals surface area (Å²) in [5.74, 6) is 0.00789. The highest BCUT2D eigenvalue weighted by atomic mass is 19.4. The Hall–Kier alpha value is -1.30. The Morgan fingerprint density at radius 3 is 2.71 bits per heavy atom. The Morgan fingerprint density at radius 1 is 1.35 bits per heavy atom. The van der Waals surface area contributed by atoms with Gasteiger partial charge in [0.2, 0.25) is 11.5 Å². The second-order valence-electron chi connectivity index (χ2n) is 4.04. The lowest BCUT2D eigenvalue weighted by molar-refractivity contribution is -0.253. The van der Waals surface area contributed by atoms with Crippen LogP contribution >= 0.6 is 0 Å². The highest BCUT2D eigenvalue weighted by Crippen LogP contribution is 2.38. The first kappa shape index (κ1) is 12.2. The van der Waals surface area contributed by atoms with Crippen LogP contribution in [0, 0.1) is 0 Å². The molecule has 2 rings (SSSR count). The van der Waals surface area contributed by atoms with Crippen LogP contribution in [0.15, 0.2) is 24.4 Å². The molecule has 6 heteroatoms. The summed E-state index contributed by atoms with van der Waals surface area (Å²) in [6.07, 6.45) is -2.60. The van der Waals surface area contributed by atoms with E-state index in [-0.39, 0.29) is 18.8 Å². The third-order valence-corrected chi connectivity index (χ3v) is 2.80. The number of rotatable bonds is 2. The van der Waals surface area contributed by atoms with Crippen LogP contribution in [0.5, 0.6) is 5.88 Å². The first-order chi connectivity index (χ1) is 8.04. The molecule has 17 heavy (non-hydrogen) atoms. The second kappa shape index (κ2) is 4.52. The molecule has 94 valence electrons. The number of pyridine rings is 1. The lowest BCUT2D eigenvalue weighted by Gasteiger charge is -2.38. The molecule has 0 bridgehead atoms. The van der Waals surface area contributed by atoms with E-state index in [1.165, 1.54) is 12.3 Å². The average Bonchev–Trinajstić information content (AvgIpc) is 2.30. The lowest BCUT2D eigenvalue weighted by Crippen LogP contribution is -2.59. The monoisotopic (exact) mass is 246 g/mol. The molecule has 1 unspecified atom stereocenters. The van der Waals surface area contributed by atoms with Gasteiger partial charge in [-0.3, -0.25) is 0 Å². The van der Waals surface area contributed by atoms with E-state index < -0.39 is 11.8 Å². The fourth-order valence-electron chi connectivity index (χ4n) is 1.87. The summed E-state index contributed by atoms with van der Waals surface area (Å²) in [5, 5.41) is 2.73. The zero-order valence-corrected chi connectivity index (χ0v) is 9.13. The maximum atomic E-state index is 13.1. The van der Waals surface area contributed by atoms with Crippen molar-refractivity contribution in [1.29, 1.82) is 0 Å². The van der Waals surface area contributed by atoms with E-state index >= 15 is 0 Å². The minimum absolute atomic E-state index is 0.00789. The van der Waals surface area contributed by atoms with Crippen LogP contribution in [0.25, 0.3) is 0 Å². The van der Waals surface area contributed by atoms with Gasteiger partial charge in [-0.2, -0.15) is 13.2 Å². The fraction of sp³-hybridized carbons (Fsp3) is 0.545. The van der Waals surface area contributed by atoms with Gasteiger partial charge in [0.05, 0.1) is 0 Å². The SMILES string of the molecule is FC(F)(F)C1(Oc2ccccn2)CCCNC1. The van der Waals surface area contributed by atoms with Crippen LogP contribution < -0.4 is 10.1 Å². The van der Waals surface area contributed by atoms with Crippen molar-refractivity contribution in [3.63, 3.8) is 0 Å². The van der Waals surface area contributed by atoms with Gasteiger partial charge >= 0.3 is 6.18 Å². The number of hydrogen-bond acceptors (Lipinski definition) is 3. The van der Waals surface area contributed by atoms with Crippen molar-refractivity contribution in [2.75, 3.05) is 13.1 Å². The number of aromatic nitrogens is 1. The molecule has 1 aromatic rings. The molecule has 0 radical (unpaired) electrons. The summed E-state index contributed by atoms with van der Waals surface area (Å²) in [4.78, 5) is 3.78. The number of nitrogens with zero attached hydrogens (tertiary/aromatic N) is 1. The molecule has 1 aliphatic rings. The van der Waals surface area contributed by atoms with Gasteiger partial charge in [0.25, 0.3) is 0 Å². The molecule has 1 aliphatic heterocycles. The molecule has 0 spiro atoms. The second-order valence-corrected chi connectivity index (χ2v) is 4.04. The van der Waals surface area contributed by atoms with E-state index in [2.05, 4.69) is 10.3 Å². The van der Waals surface area contributed by atoms with Crippen molar-refractivity contribution in [1.82, 2.24) is 10.3 Å². The topological polar surface area (TPSA) is 34.1 Å². The van der Waals surface area contributed by atoms with Gasteiger partial charge in [0, 0.05) is 18.8 Å². The number of halogens is 3. The Balaban J connectivity index is 2.22. The molecule has 0 saturated carbocycles. The van der Waals surface area contributed by atoms with Crippen LogP contribution in [0.3, 0.4) is 0 Å². The molecule has 2 heterocycles. The van der Waals surface area contributed by atoms with Gasteiger partial charge in [-0.1, -0.05) is 6.07 Å². The minimum Gasteiger partial charge on any atom is -0.460 e. The van der Waals surface area contributed by atoms with Gasteiger partial charge in [-0.05, 0) is 25.5 Å². The van der Waals surface area contributed by atoms with Gasteiger partial charge in [-0.25, -0.2) is 4.98 Å². The molecule has 1 fully saturated rings. The first-order valence-corrected chi connectivity index (χ1v) is 5.41. The van der Waals surface area contributed by atoms with Crippen molar-refractivity contribution in [2.24, 2.45) is 0 Å². The molecule has 0 aromatic carbocycles. The molecule has 0 aliphatic carbocycles. The van der Waals surface area contributed by atoms with Crippen molar-refractivity contribution in [2.45, 2.75) is 24.6 Å². The number of nitrogens with one attached hydrogen (secondary N) is 1. The van der Waals surface area contributed by atoms with Crippen molar-refractivity contribution in [3.05, 3.63) is 24.4 Å². The van der Waals surface area contributed by atoms with E-state index in [9.17, 15) is 13.2 Å². The number of alkyl halides is 3. The quantitative estimate of drug-likeness (QED) is 0.868. The van der Waals surface area contributed by atoms with E-state index in [1.807, 2.05) is 0 Å². The van der Waals surface area contributed by atoms with Gasteiger partial charge in [0.1, 0.15) is 0 Å². The highest BCUT2D eigenvalue weighted by Gasteiger charge is 2.57. The summed E-state index contributed by atoms with van der Waals surface area (Å²) >= 11 is 0.